The molecule has 3 aromatic rings. The normalized spacial score (nSPS) is 15.3. The van der Waals surface area contributed by atoms with Crippen molar-refractivity contribution in [1.82, 2.24) is 15.3 Å². The SMILES string of the molecule is O=C(NC1(c2ccc(C(F)(F)F)cc2)CCC1)c1cc(=O)[nH]c(-c2ccccc2)n1. The van der Waals surface area contributed by atoms with E-state index in [9.17, 15) is 22.8 Å². The number of alkyl halides is 3. The second-order valence-corrected chi connectivity index (χ2v) is 7.31. The molecular weight excluding hydrogens is 395 g/mol. The molecule has 1 aliphatic rings. The Balaban J connectivity index is 1.61. The molecule has 0 bridgehead atoms. The van der Waals surface area contributed by atoms with Gasteiger partial charge in [-0.3, -0.25) is 9.59 Å². The Hall–Kier alpha value is -3.42. The van der Waals surface area contributed by atoms with Crippen molar-refractivity contribution in [2.75, 3.05) is 0 Å². The molecule has 30 heavy (non-hydrogen) atoms. The Labute approximate surface area is 170 Å². The maximum atomic E-state index is 12.9. The van der Waals surface area contributed by atoms with Crippen LogP contribution in [0, 0.1) is 0 Å². The molecule has 1 aromatic heterocycles. The fourth-order valence-corrected chi connectivity index (χ4v) is 3.58. The molecular formula is C22H18F3N3O2. The van der Waals surface area contributed by atoms with Gasteiger partial charge in [0.05, 0.1) is 11.1 Å². The van der Waals surface area contributed by atoms with Crippen molar-refractivity contribution in [1.29, 1.82) is 0 Å². The zero-order valence-electron chi connectivity index (χ0n) is 15.8. The monoisotopic (exact) mass is 413 g/mol. The summed E-state index contributed by atoms with van der Waals surface area (Å²) in [7, 11) is 0. The first kappa shape index (κ1) is 19.9. The molecule has 2 N–H and O–H groups in total. The van der Waals surface area contributed by atoms with E-state index in [1.807, 2.05) is 6.07 Å². The number of H-pyrrole nitrogens is 1. The number of halogens is 3. The van der Waals surface area contributed by atoms with Gasteiger partial charge in [-0.2, -0.15) is 13.2 Å². The van der Waals surface area contributed by atoms with Crippen molar-refractivity contribution in [3.8, 4) is 11.4 Å². The standard InChI is InChI=1S/C22H18F3N3O2/c23-22(24,25)16-9-7-15(8-10-16)21(11-4-12-21)28-20(30)17-13-18(29)27-19(26-17)14-5-2-1-3-6-14/h1-3,5-10,13H,4,11-12H2,(H,28,30)(H,26,27,29). The molecule has 8 heteroatoms. The number of benzene rings is 2. The molecule has 1 saturated carbocycles. The maximum absolute atomic E-state index is 12.9. The second-order valence-electron chi connectivity index (χ2n) is 7.31. The Bertz CT molecular complexity index is 1120. The van der Waals surface area contributed by atoms with Crippen molar-refractivity contribution in [3.05, 3.63) is 87.8 Å². The van der Waals surface area contributed by atoms with E-state index in [1.54, 1.807) is 24.3 Å². The number of rotatable bonds is 4. The zero-order valence-corrected chi connectivity index (χ0v) is 15.8. The van der Waals surface area contributed by atoms with Gasteiger partial charge in [0.25, 0.3) is 11.5 Å². The van der Waals surface area contributed by atoms with Crippen molar-refractivity contribution < 1.29 is 18.0 Å². The average Bonchev–Trinajstić information content (AvgIpc) is 2.70. The molecule has 0 aliphatic heterocycles. The quantitative estimate of drug-likeness (QED) is 0.671. The molecule has 1 heterocycles. The molecule has 0 radical (unpaired) electrons. The largest absolute Gasteiger partial charge is 0.416 e. The molecule has 1 aliphatic carbocycles. The van der Waals surface area contributed by atoms with Crippen molar-refractivity contribution in [3.63, 3.8) is 0 Å². The van der Waals surface area contributed by atoms with Gasteiger partial charge in [-0.15, -0.1) is 0 Å². The lowest BCUT2D eigenvalue weighted by Crippen LogP contribution is -2.51. The van der Waals surface area contributed by atoms with Crippen LogP contribution in [-0.2, 0) is 11.7 Å². The first-order chi connectivity index (χ1) is 14.3. The van der Waals surface area contributed by atoms with Gasteiger partial charge in [-0.1, -0.05) is 42.5 Å². The lowest BCUT2D eigenvalue weighted by Gasteiger charge is -2.43. The Morgan fingerprint density at radius 3 is 2.27 bits per heavy atom. The number of nitrogens with one attached hydrogen (secondary N) is 2. The topological polar surface area (TPSA) is 74.8 Å². The highest BCUT2D eigenvalue weighted by Crippen LogP contribution is 2.42. The predicted molar refractivity (Wildman–Crippen MR) is 105 cm³/mol. The van der Waals surface area contributed by atoms with Crippen molar-refractivity contribution in [2.45, 2.75) is 31.0 Å². The maximum Gasteiger partial charge on any atom is 0.416 e. The summed E-state index contributed by atoms with van der Waals surface area (Å²) in [5, 5.41) is 2.89. The van der Waals surface area contributed by atoms with Crippen LogP contribution >= 0.6 is 0 Å². The highest BCUT2D eigenvalue weighted by Gasteiger charge is 2.41. The van der Waals surface area contributed by atoms with Gasteiger partial charge in [-0.25, -0.2) is 4.98 Å². The number of hydrogen-bond acceptors (Lipinski definition) is 3. The number of amides is 1. The van der Waals surface area contributed by atoms with E-state index in [1.165, 1.54) is 12.1 Å². The van der Waals surface area contributed by atoms with Crippen molar-refractivity contribution in [2.24, 2.45) is 0 Å². The molecule has 1 fully saturated rings. The third-order valence-electron chi connectivity index (χ3n) is 5.35. The van der Waals surface area contributed by atoms with E-state index in [-0.39, 0.29) is 11.5 Å². The minimum absolute atomic E-state index is 0.0456. The van der Waals surface area contributed by atoms with Crippen LogP contribution in [0.3, 0.4) is 0 Å². The summed E-state index contributed by atoms with van der Waals surface area (Å²) in [6.07, 6.45) is -2.39. The number of aromatic nitrogens is 2. The summed E-state index contributed by atoms with van der Waals surface area (Å²) >= 11 is 0. The van der Waals surface area contributed by atoms with Gasteiger partial charge in [0, 0.05) is 11.6 Å². The van der Waals surface area contributed by atoms with Crippen LogP contribution in [0.15, 0.2) is 65.5 Å². The zero-order chi connectivity index (χ0) is 21.4. The van der Waals surface area contributed by atoms with Crippen LogP contribution < -0.4 is 10.9 Å². The molecule has 4 rings (SSSR count). The summed E-state index contributed by atoms with van der Waals surface area (Å²) in [6, 6.07) is 14.8. The molecule has 154 valence electrons. The third-order valence-corrected chi connectivity index (χ3v) is 5.35. The molecule has 0 spiro atoms. The Morgan fingerprint density at radius 2 is 1.70 bits per heavy atom. The first-order valence-electron chi connectivity index (χ1n) is 9.44. The fraction of sp³-hybridized carbons (Fsp3) is 0.227. The number of nitrogens with zero attached hydrogens (tertiary/aromatic N) is 1. The van der Waals surface area contributed by atoms with E-state index < -0.39 is 28.7 Å². The lowest BCUT2D eigenvalue weighted by molar-refractivity contribution is -0.137. The van der Waals surface area contributed by atoms with Crippen molar-refractivity contribution >= 4 is 5.91 Å². The summed E-state index contributed by atoms with van der Waals surface area (Å²) in [4.78, 5) is 31.8. The summed E-state index contributed by atoms with van der Waals surface area (Å²) in [5.41, 5.74) is -0.760. The highest BCUT2D eigenvalue weighted by molar-refractivity contribution is 5.93. The summed E-state index contributed by atoms with van der Waals surface area (Å²) in [5.74, 6) is -0.275. The molecule has 0 unspecified atom stereocenters. The predicted octanol–water partition coefficient (Wildman–Crippen LogP) is 4.26. The molecule has 5 nitrogen and oxygen atoms in total. The number of carbonyl (C=O) groups excluding carboxylic acids is 1. The van der Waals surface area contributed by atoms with Crippen LogP contribution in [0.1, 0.15) is 40.9 Å². The fourth-order valence-electron chi connectivity index (χ4n) is 3.58. The first-order valence-corrected chi connectivity index (χ1v) is 9.44. The van der Waals surface area contributed by atoms with Gasteiger partial charge in [0.2, 0.25) is 0 Å². The molecule has 0 atom stereocenters. The second kappa shape index (κ2) is 7.44. The van der Waals surface area contributed by atoms with Crippen LogP contribution in [0.4, 0.5) is 13.2 Å². The van der Waals surface area contributed by atoms with Gasteiger partial charge >= 0.3 is 6.18 Å². The van der Waals surface area contributed by atoms with E-state index in [2.05, 4.69) is 15.3 Å². The molecule has 2 aromatic carbocycles. The number of hydrogen-bond donors (Lipinski definition) is 2. The minimum atomic E-state index is -4.42. The molecule has 0 saturated heterocycles. The number of carbonyl (C=O) groups is 1. The Morgan fingerprint density at radius 1 is 1.03 bits per heavy atom. The minimum Gasteiger partial charge on any atom is -0.341 e. The van der Waals surface area contributed by atoms with Crippen LogP contribution in [0.25, 0.3) is 11.4 Å². The van der Waals surface area contributed by atoms with E-state index in [0.29, 0.717) is 24.0 Å². The third kappa shape index (κ3) is 3.85. The lowest BCUT2D eigenvalue weighted by atomic mass is 9.71. The van der Waals surface area contributed by atoms with E-state index in [4.69, 9.17) is 0 Å². The highest BCUT2D eigenvalue weighted by atomic mass is 19.4. The van der Waals surface area contributed by atoms with Crippen LogP contribution in [-0.4, -0.2) is 15.9 Å². The van der Waals surface area contributed by atoms with Crippen LogP contribution in [0.2, 0.25) is 0 Å². The smallest absolute Gasteiger partial charge is 0.341 e. The van der Waals surface area contributed by atoms with Gasteiger partial charge in [0.1, 0.15) is 11.5 Å². The average molecular weight is 413 g/mol. The summed E-state index contributed by atoms with van der Waals surface area (Å²) < 4.78 is 38.5. The van der Waals surface area contributed by atoms with Crippen LogP contribution in [0.5, 0.6) is 0 Å². The summed E-state index contributed by atoms with van der Waals surface area (Å²) in [6.45, 7) is 0. The van der Waals surface area contributed by atoms with E-state index in [0.717, 1.165) is 24.6 Å². The van der Waals surface area contributed by atoms with E-state index >= 15 is 0 Å². The Kier molecular flexibility index (Phi) is 4.93. The van der Waals surface area contributed by atoms with Gasteiger partial charge in [-0.05, 0) is 37.0 Å². The molecule has 1 amide bonds. The van der Waals surface area contributed by atoms with Gasteiger partial charge in [0.15, 0.2) is 0 Å². The van der Waals surface area contributed by atoms with Gasteiger partial charge < -0.3 is 10.3 Å². The number of aromatic amines is 1.